The number of carbonyl (C=O) groups is 1. The number of nitrogens with one attached hydrogen (secondary N) is 1. The third kappa shape index (κ3) is 4.34. The normalized spacial score (nSPS) is 25.2. The summed E-state index contributed by atoms with van der Waals surface area (Å²) in [5.74, 6) is 2.32. The summed E-state index contributed by atoms with van der Waals surface area (Å²) in [6, 6.07) is 8.42. The van der Waals surface area contributed by atoms with Gasteiger partial charge in [-0.3, -0.25) is 4.79 Å². The van der Waals surface area contributed by atoms with E-state index in [1.165, 1.54) is 24.0 Å². The predicted octanol–water partition coefficient (Wildman–Crippen LogP) is 4.36. The van der Waals surface area contributed by atoms with Crippen LogP contribution in [0.5, 0.6) is 0 Å². The number of benzene rings is 1. The fraction of sp³-hybridized carbons (Fsp3) is 0.650. The molecule has 0 aromatic heterocycles. The molecule has 1 aliphatic carbocycles. The van der Waals surface area contributed by atoms with E-state index in [1.807, 2.05) is 0 Å². The maximum Gasteiger partial charge on any atom is 0.223 e. The number of carbonyl (C=O) groups excluding carboxylic acids is 1. The molecule has 1 amide bonds. The topological polar surface area (TPSA) is 29.1 Å². The lowest BCUT2D eigenvalue weighted by molar-refractivity contribution is -0.129. The average molecular weight is 301 g/mol. The summed E-state index contributed by atoms with van der Waals surface area (Å²) in [4.78, 5) is 12.6. The molecule has 0 aliphatic heterocycles. The van der Waals surface area contributed by atoms with Gasteiger partial charge in [-0.2, -0.15) is 0 Å². The van der Waals surface area contributed by atoms with E-state index in [-0.39, 0.29) is 11.8 Å². The van der Waals surface area contributed by atoms with Crippen LogP contribution < -0.4 is 5.32 Å². The van der Waals surface area contributed by atoms with Gasteiger partial charge in [0.05, 0.1) is 0 Å². The van der Waals surface area contributed by atoms with Gasteiger partial charge in [-0.1, -0.05) is 51.5 Å². The zero-order valence-corrected chi connectivity index (χ0v) is 14.6. The minimum Gasteiger partial charge on any atom is -0.356 e. The molecule has 0 spiro atoms. The van der Waals surface area contributed by atoms with Gasteiger partial charge < -0.3 is 5.32 Å². The molecular weight excluding hydrogens is 270 g/mol. The highest BCUT2D eigenvalue weighted by atomic mass is 16.1. The van der Waals surface area contributed by atoms with Crippen LogP contribution in [-0.2, 0) is 11.2 Å². The highest BCUT2D eigenvalue weighted by molar-refractivity contribution is 5.79. The molecule has 1 unspecified atom stereocenters. The van der Waals surface area contributed by atoms with E-state index < -0.39 is 0 Å². The van der Waals surface area contributed by atoms with E-state index in [2.05, 4.69) is 57.3 Å². The van der Waals surface area contributed by atoms with Crippen LogP contribution in [0.4, 0.5) is 0 Å². The second-order valence-corrected chi connectivity index (χ2v) is 7.40. The van der Waals surface area contributed by atoms with Crippen LogP contribution in [0, 0.1) is 30.6 Å². The monoisotopic (exact) mass is 301 g/mol. The molecule has 0 saturated heterocycles. The number of amides is 1. The van der Waals surface area contributed by atoms with Crippen LogP contribution in [0.25, 0.3) is 0 Å². The van der Waals surface area contributed by atoms with Gasteiger partial charge in [0, 0.05) is 12.5 Å². The van der Waals surface area contributed by atoms with Crippen molar-refractivity contribution in [2.45, 2.75) is 53.4 Å². The average Bonchev–Trinajstić information content (AvgIpc) is 2.48. The summed E-state index contributed by atoms with van der Waals surface area (Å²) < 4.78 is 0. The molecule has 1 aliphatic rings. The Kier molecular flexibility index (Phi) is 6.05. The first-order valence-corrected chi connectivity index (χ1v) is 8.81. The van der Waals surface area contributed by atoms with E-state index in [0.717, 1.165) is 19.4 Å². The Bertz CT molecular complexity index is 494. The maximum atomic E-state index is 12.6. The van der Waals surface area contributed by atoms with Crippen molar-refractivity contribution in [3.05, 3.63) is 35.4 Å². The zero-order chi connectivity index (χ0) is 16.1. The molecule has 122 valence electrons. The van der Waals surface area contributed by atoms with E-state index >= 15 is 0 Å². The van der Waals surface area contributed by atoms with Crippen LogP contribution in [0.3, 0.4) is 0 Å². The van der Waals surface area contributed by atoms with Crippen molar-refractivity contribution in [2.75, 3.05) is 6.54 Å². The third-order valence-electron chi connectivity index (χ3n) is 5.31. The van der Waals surface area contributed by atoms with Gasteiger partial charge in [-0.25, -0.2) is 0 Å². The van der Waals surface area contributed by atoms with Gasteiger partial charge in [-0.05, 0) is 55.1 Å². The number of hydrogen-bond acceptors (Lipinski definition) is 1. The van der Waals surface area contributed by atoms with Crippen LogP contribution in [0.1, 0.15) is 51.2 Å². The van der Waals surface area contributed by atoms with E-state index in [9.17, 15) is 4.79 Å². The van der Waals surface area contributed by atoms with Crippen molar-refractivity contribution in [3.63, 3.8) is 0 Å². The summed E-state index contributed by atoms with van der Waals surface area (Å²) in [6.45, 7) is 9.68. The molecule has 1 aromatic carbocycles. The van der Waals surface area contributed by atoms with Crippen molar-refractivity contribution in [1.82, 2.24) is 5.32 Å². The van der Waals surface area contributed by atoms with Gasteiger partial charge in [-0.15, -0.1) is 0 Å². The molecule has 1 saturated carbocycles. The Balaban J connectivity index is 1.89. The van der Waals surface area contributed by atoms with Crippen LogP contribution in [0.2, 0.25) is 0 Å². The molecule has 0 heterocycles. The lowest BCUT2D eigenvalue weighted by Gasteiger charge is -2.36. The Morgan fingerprint density at radius 2 is 2.00 bits per heavy atom. The number of rotatable bonds is 5. The minimum atomic E-state index is 0.209. The van der Waals surface area contributed by atoms with Crippen molar-refractivity contribution in [3.8, 4) is 0 Å². The summed E-state index contributed by atoms with van der Waals surface area (Å²) in [5.41, 5.74) is 2.64. The maximum absolute atomic E-state index is 12.6. The molecule has 2 nitrogen and oxygen atoms in total. The minimum absolute atomic E-state index is 0.209. The number of hydrogen-bond donors (Lipinski definition) is 1. The Hall–Kier alpha value is -1.31. The highest BCUT2D eigenvalue weighted by Gasteiger charge is 2.35. The fourth-order valence-corrected chi connectivity index (χ4v) is 3.85. The smallest absolute Gasteiger partial charge is 0.223 e. The second-order valence-electron chi connectivity index (χ2n) is 7.40. The largest absolute Gasteiger partial charge is 0.356 e. The molecule has 0 bridgehead atoms. The van der Waals surface area contributed by atoms with Crippen molar-refractivity contribution >= 4 is 5.91 Å². The summed E-state index contributed by atoms with van der Waals surface area (Å²) in [5, 5.41) is 3.19. The van der Waals surface area contributed by atoms with Crippen LogP contribution >= 0.6 is 0 Å². The molecule has 22 heavy (non-hydrogen) atoms. The Labute approximate surface area is 135 Å². The zero-order valence-electron chi connectivity index (χ0n) is 14.6. The fourth-order valence-electron chi connectivity index (χ4n) is 3.85. The summed E-state index contributed by atoms with van der Waals surface area (Å²) in [6.07, 6.45) is 4.45. The van der Waals surface area contributed by atoms with E-state index in [4.69, 9.17) is 0 Å². The standard InChI is InChI=1S/C20H31NO/c1-14(2)18-10-9-15(3)13-19(18)20(22)21-12-11-17-8-6-5-7-16(17)4/h5-8,14-15,18-19H,9-13H2,1-4H3,(H,21,22)/t15?,18-,19+/m0/s1. The van der Waals surface area contributed by atoms with Gasteiger partial charge in [0.1, 0.15) is 0 Å². The molecule has 0 radical (unpaired) electrons. The van der Waals surface area contributed by atoms with Gasteiger partial charge in [0.15, 0.2) is 0 Å². The molecular formula is C20H31NO. The van der Waals surface area contributed by atoms with Gasteiger partial charge >= 0.3 is 0 Å². The Morgan fingerprint density at radius 1 is 1.27 bits per heavy atom. The van der Waals surface area contributed by atoms with E-state index in [0.29, 0.717) is 17.8 Å². The van der Waals surface area contributed by atoms with Crippen LogP contribution in [0.15, 0.2) is 24.3 Å². The van der Waals surface area contributed by atoms with Gasteiger partial charge in [0.2, 0.25) is 5.91 Å². The molecule has 1 aromatic rings. The van der Waals surface area contributed by atoms with Crippen molar-refractivity contribution in [2.24, 2.45) is 23.7 Å². The predicted molar refractivity (Wildman–Crippen MR) is 92.7 cm³/mol. The molecule has 2 rings (SSSR count). The Morgan fingerprint density at radius 3 is 2.68 bits per heavy atom. The lowest BCUT2D eigenvalue weighted by atomic mass is 9.70. The first-order valence-electron chi connectivity index (χ1n) is 8.81. The molecule has 1 N–H and O–H groups in total. The third-order valence-corrected chi connectivity index (χ3v) is 5.31. The summed E-state index contributed by atoms with van der Waals surface area (Å²) in [7, 11) is 0. The molecule has 3 atom stereocenters. The summed E-state index contributed by atoms with van der Waals surface area (Å²) >= 11 is 0. The first kappa shape index (κ1) is 17.1. The highest BCUT2D eigenvalue weighted by Crippen LogP contribution is 2.38. The van der Waals surface area contributed by atoms with E-state index in [1.54, 1.807) is 0 Å². The van der Waals surface area contributed by atoms with Gasteiger partial charge in [0.25, 0.3) is 0 Å². The molecule has 1 fully saturated rings. The quantitative estimate of drug-likeness (QED) is 0.860. The van der Waals surface area contributed by atoms with Crippen molar-refractivity contribution in [1.29, 1.82) is 0 Å². The molecule has 2 heteroatoms. The van der Waals surface area contributed by atoms with Crippen molar-refractivity contribution < 1.29 is 4.79 Å². The van der Waals surface area contributed by atoms with Crippen LogP contribution in [-0.4, -0.2) is 12.5 Å². The first-order chi connectivity index (χ1) is 10.5. The SMILES string of the molecule is Cc1ccccc1CCNC(=O)[C@@H]1CC(C)CC[C@H]1C(C)C. The second kappa shape index (κ2) is 7.80. The lowest BCUT2D eigenvalue weighted by Crippen LogP contribution is -2.40. The number of aryl methyl sites for hydroxylation is 1.